The van der Waals surface area contributed by atoms with E-state index in [2.05, 4.69) is 219 Å². The maximum absolute atomic E-state index is 2.39. The van der Waals surface area contributed by atoms with Crippen LogP contribution in [0, 0.1) is 6.92 Å². The van der Waals surface area contributed by atoms with E-state index >= 15 is 0 Å². The van der Waals surface area contributed by atoms with Crippen LogP contribution in [0.3, 0.4) is 0 Å². The van der Waals surface area contributed by atoms with Crippen molar-refractivity contribution in [2.45, 2.75) is 26.2 Å². The third-order valence-electron chi connectivity index (χ3n) is 9.86. The Bertz CT molecular complexity index is 2250. The van der Waals surface area contributed by atoms with Gasteiger partial charge in [-0.3, -0.25) is 0 Å². The van der Waals surface area contributed by atoms with Crippen LogP contribution >= 0.6 is 0 Å². The zero-order chi connectivity index (χ0) is 34.1. The Morgan fingerprint density at radius 1 is 0.380 bits per heavy atom. The highest BCUT2D eigenvalue weighted by Crippen LogP contribution is 2.51. The first-order chi connectivity index (χ1) is 24.5. The lowest BCUT2D eigenvalue weighted by Crippen LogP contribution is -2.16. The van der Waals surface area contributed by atoms with Crippen LogP contribution in [0.4, 0.5) is 34.1 Å². The molecule has 0 atom stereocenters. The molecule has 0 N–H and O–H groups in total. The van der Waals surface area contributed by atoms with Gasteiger partial charge in [-0.25, -0.2) is 0 Å². The van der Waals surface area contributed by atoms with E-state index in [9.17, 15) is 0 Å². The van der Waals surface area contributed by atoms with Gasteiger partial charge in [-0.05, 0) is 119 Å². The summed E-state index contributed by atoms with van der Waals surface area (Å²) in [5, 5.41) is 0. The van der Waals surface area contributed by atoms with E-state index in [1.807, 2.05) is 0 Å². The Morgan fingerprint density at radius 3 is 1.36 bits per heavy atom. The Kier molecular flexibility index (Phi) is 8.14. The number of aryl methyl sites for hydroxylation is 1. The molecule has 242 valence electrons. The molecule has 0 saturated heterocycles. The van der Waals surface area contributed by atoms with Crippen LogP contribution in [0.15, 0.2) is 176 Å². The maximum atomic E-state index is 2.39. The van der Waals surface area contributed by atoms with E-state index < -0.39 is 0 Å². The van der Waals surface area contributed by atoms with Crippen molar-refractivity contribution >= 4 is 46.3 Å². The lowest BCUT2D eigenvalue weighted by molar-refractivity contribution is 0.660. The fraction of sp³-hybridized carbons (Fsp3) is 0.0833. The van der Waals surface area contributed by atoms with E-state index in [-0.39, 0.29) is 5.41 Å². The minimum atomic E-state index is -0.137. The molecule has 0 saturated carbocycles. The minimum absolute atomic E-state index is 0.137. The van der Waals surface area contributed by atoms with Crippen LogP contribution in [0.1, 0.15) is 41.7 Å². The average Bonchev–Trinajstić information content (AvgIpc) is 3.38. The first kappa shape index (κ1) is 31.2. The van der Waals surface area contributed by atoms with Gasteiger partial charge in [0.2, 0.25) is 0 Å². The molecule has 0 fully saturated rings. The summed E-state index contributed by atoms with van der Waals surface area (Å²) in [5.74, 6) is 0. The Labute approximate surface area is 296 Å². The second kappa shape index (κ2) is 13.1. The van der Waals surface area contributed by atoms with Gasteiger partial charge < -0.3 is 9.80 Å². The molecule has 7 aromatic carbocycles. The molecule has 8 rings (SSSR count). The smallest absolute Gasteiger partial charge is 0.0465 e. The zero-order valence-corrected chi connectivity index (χ0v) is 28.8. The van der Waals surface area contributed by atoms with Gasteiger partial charge in [-0.2, -0.15) is 0 Å². The molecule has 7 aromatic rings. The molecule has 0 bridgehead atoms. The van der Waals surface area contributed by atoms with Gasteiger partial charge >= 0.3 is 0 Å². The van der Waals surface area contributed by atoms with Gasteiger partial charge in [0.05, 0.1) is 0 Å². The van der Waals surface area contributed by atoms with Crippen LogP contribution in [-0.4, -0.2) is 0 Å². The lowest BCUT2D eigenvalue weighted by Gasteiger charge is -2.28. The highest BCUT2D eigenvalue weighted by Gasteiger charge is 2.36. The average molecular weight is 645 g/mol. The Balaban J connectivity index is 1.07. The summed E-state index contributed by atoms with van der Waals surface area (Å²) in [4.78, 5) is 4.66. The normalized spacial score (nSPS) is 12.8. The van der Waals surface area contributed by atoms with Crippen molar-refractivity contribution in [3.8, 4) is 11.1 Å². The predicted octanol–water partition coefficient (Wildman–Crippen LogP) is 13.4. The number of nitrogens with zero attached hydrogens (tertiary/aromatic N) is 2. The summed E-state index contributed by atoms with van der Waals surface area (Å²) in [5.41, 5.74) is 15.7. The fourth-order valence-corrected chi connectivity index (χ4v) is 7.31. The SMILES string of the molecule is Cc1cccc(N(c2ccccc2)c2ccc(C=Cc3ccc4c(c3)C(C)(C)c3cc(N(c5ccccc5)c5ccccc5)ccc3-4)cc2)c1. The van der Waals surface area contributed by atoms with Crippen LogP contribution in [0.5, 0.6) is 0 Å². The number of hydrogen-bond donors (Lipinski definition) is 0. The largest absolute Gasteiger partial charge is 0.310 e. The van der Waals surface area contributed by atoms with Gasteiger partial charge in [-0.15, -0.1) is 0 Å². The van der Waals surface area contributed by atoms with Gasteiger partial charge in [0, 0.05) is 39.5 Å². The van der Waals surface area contributed by atoms with E-state index in [1.165, 1.54) is 44.6 Å². The van der Waals surface area contributed by atoms with Gasteiger partial charge in [0.15, 0.2) is 0 Å². The summed E-state index contributed by atoms with van der Waals surface area (Å²) in [6.07, 6.45) is 4.46. The van der Waals surface area contributed by atoms with Crippen LogP contribution in [0.25, 0.3) is 23.3 Å². The number of anilines is 6. The molecular formula is C48H40N2. The summed E-state index contributed by atoms with van der Waals surface area (Å²) >= 11 is 0. The molecule has 0 aromatic heterocycles. The van der Waals surface area contributed by atoms with Crippen molar-refractivity contribution in [1.82, 2.24) is 0 Å². The van der Waals surface area contributed by atoms with Crippen LogP contribution < -0.4 is 9.80 Å². The number of rotatable bonds is 8. The molecule has 0 heterocycles. The molecular weight excluding hydrogens is 605 g/mol. The topological polar surface area (TPSA) is 6.48 Å². The van der Waals surface area contributed by atoms with Crippen molar-refractivity contribution in [3.05, 3.63) is 204 Å². The molecule has 0 unspecified atom stereocenters. The molecule has 1 aliphatic carbocycles. The summed E-state index contributed by atoms with van der Waals surface area (Å²) in [7, 11) is 0. The number of fused-ring (bicyclic) bond motifs is 3. The Hall–Kier alpha value is -6.12. The maximum Gasteiger partial charge on any atom is 0.0465 e. The van der Waals surface area contributed by atoms with E-state index in [0.29, 0.717) is 0 Å². The second-order valence-electron chi connectivity index (χ2n) is 13.6. The van der Waals surface area contributed by atoms with Crippen molar-refractivity contribution in [1.29, 1.82) is 0 Å². The molecule has 2 heteroatoms. The quantitative estimate of drug-likeness (QED) is 0.152. The highest BCUT2D eigenvalue weighted by molar-refractivity contribution is 5.87. The van der Waals surface area contributed by atoms with E-state index in [1.54, 1.807) is 0 Å². The van der Waals surface area contributed by atoms with E-state index in [0.717, 1.165) is 28.4 Å². The van der Waals surface area contributed by atoms with Gasteiger partial charge in [0.1, 0.15) is 0 Å². The minimum Gasteiger partial charge on any atom is -0.310 e. The van der Waals surface area contributed by atoms with Crippen LogP contribution in [-0.2, 0) is 5.41 Å². The second-order valence-corrected chi connectivity index (χ2v) is 13.6. The van der Waals surface area contributed by atoms with E-state index in [4.69, 9.17) is 0 Å². The van der Waals surface area contributed by atoms with Crippen molar-refractivity contribution in [3.63, 3.8) is 0 Å². The number of para-hydroxylation sites is 3. The lowest BCUT2D eigenvalue weighted by atomic mass is 9.81. The molecule has 0 aliphatic heterocycles. The summed E-state index contributed by atoms with van der Waals surface area (Å²) in [6, 6.07) is 63.2. The summed E-state index contributed by atoms with van der Waals surface area (Å²) in [6.45, 7) is 6.85. The third-order valence-corrected chi connectivity index (χ3v) is 9.86. The van der Waals surface area contributed by atoms with Crippen molar-refractivity contribution < 1.29 is 0 Å². The fourth-order valence-electron chi connectivity index (χ4n) is 7.31. The standard InChI is InChI=1S/C48H40N2/c1-35-14-13-21-42(32-35)50(40-19-11-6-12-20-40)41-27-24-36(25-28-41)22-23-37-26-30-44-45-31-29-43(34-47(45)48(2,3)46(44)33-37)49(38-15-7-4-8-16-38)39-17-9-5-10-18-39/h4-34H,1-3H3. The zero-order valence-electron chi connectivity index (χ0n) is 28.8. The van der Waals surface area contributed by atoms with Crippen molar-refractivity contribution in [2.24, 2.45) is 0 Å². The number of hydrogen-bond acceptors (Lipinski definition) is 2. The monoisotopic (exact) mass is 644 g/mol. The molecule has 1 aliphatic rings. The molecule has 0 spiro atoms. The first-order valence-corrected chi connectivity index (χ1v) is 17.4. The Morgan fingerprint density at radius 2 is 0.800 bits per heavy atom. The number of benzene rings is 7. The first-order valence-electron chi connectivity index (χ1n) is 17.4. The predicted molar refractivity (Wildman–Crippen MR) is 213 cm³/mol. The van der Waals surface area contributed by atoms with Crippen molar-refractivity contribution in [2.75, 3.05) is 9.80 Å². The van der Waals surface area contributed by atoms with Gasteiger partial charge in [0.25, 0.3) is 0 Å². The van der Waals surface area contributed by atoms with Crippen LogP contribution in [0.2, 0.25) is 0 Å². The molecule has 2 nitrogen and oxygen atoms in total. The highest BCUT2D eigenvalue weighted by atomic mass is 15.1. The third kappa shape index (κ3) is 5.90. The summed E-state index contributed by atoms with van der Waals surface area (Å²) < 4.78 is 0. The molecule has 0 radical (unpaired) electrons. The van der Waals surface area contributed by atoms with Gasteiger partial charge in [-0.1, -0.05) is 129 Å². The molecule has 0 amide bonds. The molecule has 50 heavy (non-hydrogen) atoms.